The fourth-order valence-electron chi connectivity index (χ4n) is 2.45. The molecule has 1 N–H and O–H groups in total. The summed E-state index contributed by atoms with van der Waals surface area (Å²) < 4.78 is 36.2. The van der Waals surface area contributed by atoms with Crippen LogP contribution < -0.4 is 18.6 Å². The summed E-state index contributed by atoms with van der Waals surface area (Å²) in [6, 6.07) is 8.36. The molecule has 1 aromatic carbocycles. The summed E-state index contributed by atoms with van der Waals surface area (Å²) in [6.45, 7) is 7.12. The van der Waals surface area contributed by atoms with E-state index in [0.717, 1.165) is 0 Å². The zero-order valence-electron chi connectivity index (χ0n) is 12.6. The number of fused-ring (bicyclic) bond motifs is 1. The average molecular weight is 352 g/mol. The van der Waals surface area contributed by atoms with Gasteiger partial charge in [-0.1, -0.05) is 18.2 Å². The molecule has 2 rings (SSSR count). The molecule has 124 valence electrons. The number of aliphatic hydroxyl groups is 1. The molecule has 0 aromatic heterocycles. The van der Waals surface area contributed by atoms with Gasteiger partial charge in [0.25, 0.3) is 0 Å². The first-order chi connectivity index (χ1) is 9.98. The van der Waals surface area contributed by atoms with Gasteiger partial charge in [-0.05, 0) is 13.8 Å². The van der Waals surface area contributed by atoms with Crippen molar-refractivity contribution in [1.82, 2.24) is 0 Å². The van der Waals surface area contributed by atoms with E-state index in [1.54, 1.807) is 0 Å². The second-order valence-electron chi connectivity index (χ2n) is 5.52. The number of nitrogens with zero attached hydrogens (tertiary/aromatic N) is 1. The first kappa shape index (κ1) is 19.3. The number of β-amino-alcohol motifs (C(OH)–C–C–N with tert-alkyl or cyclic N) is 1. The molecule has 0 aliphatic carbocycles. The predicted molar refractivity (Wildman–Crippen MR) is 71.7 cm³/mol. The normalized spacial score (nSPS) is 17.7. The highest BCUT2D eigenvalue weighted by molar-refractivity contribution is 6.18. The molecule has 22 heavy (non-hydrogen) atoms. The van der Waals surface area contributed by atoms with E-state index in [9.17, 15) is 5.11 Å². The van der Waals surface area contributed by atoms with E-state index >= 15 is 0 Å². The lowest BCUT2D eigenvalue weighted by Crippen LogP contribution is -2.68. The van der Waals surface area contributed by atoms with Gasteiger partial charge >= 0.3 is 0 Å². The van der Waals surface area contributed by atoms with Gasteiger partial charge < -0.3 is 5.11 Å². The topological polar surface area (TPSA) is 115 Å². The number of hydrogen-bond donors (Lipinski definition) is 1. The van der Waals surface area contributed by atoms with Gasteiger partial charge in [-0.2, -0.15) is 4.58 Å². The van der Waals surface area contributed by atoms with Crippen molar-refractivity contribution in [1.29, 1.82) is 0 Å². The summed E-state index contributed by atoms with van der Waals surface area (Å²) in [6.07, 6.45) is -0.492. The molecule has 1 atom stereocenters. The molecule has 6 nitrogen and oxygen atoms in total. The van der Waals surface area contributed by atoms with E-state index in [4.69, 9.17) is 30.2 Å². The summed E-state index contributed by atoms with van der Waals surface area (Å²) in [5.41, 5.74) is 3.81. The Morgan fingerprint density at radius 1 is 1.23 bits per heavy atom. The van der Waals surface area contributed by atoms with Crippen LogP contribution in [0, 0.1) is 10.2 Å². The van der Waals surface area contributed by atoms with Crippen LogP contribution in [0.3, 0.4) is 0 Å². The number of halogens is 2. The van der Waals surface area contributed by atoms with Gasteiger partial charge in [0.2, 0.25) is 5.69 Å². The number of aliphatic hydroxyl groups excluding tert-OH is 1. The monoisotopic (exact) mass is 351 g/mol. The Balaban J connectivity index is 0.000000422. The summed E-state index contributed by atoms with van der Waals surface area (Å²) in [7, 11) is -4.94. The Hall–Kier alpha value is -0.730. The molecule has 1 aliphatic rings. The van der Waals surface area contributed by atoms with Crippen molar-refractivity contribution in [3.8, 4) is 0 Å². The Morgan fingerprint density at radius 3 is 2.23 bits per heavy atom. The van der Waals surface area contributed by atoms with Crippen LogP contribution in [0.4, 0.5) is 5.69 Å². The van der Waals surface area contributed by atoms with Crippen molar-refractivity contribution in [3.63, 3.8) is 0 Å². The van der Waals surface area contributed by atoms with Crippen LogP contribution in [-0.2, 0) is 5.41 Å². The molecule has 0 saturated heterocycles. The molecular weight excluding hydrogens is 333 g/mol. The molecule has 0 amide bonds. The quantitative estimate of drug-likeness (QED) is 0.496. The lowest BCUT2D eigenvalue weighted by molar-refractivity contribution is -2.00. The van der Waals surface area contributed by atoms with Gasteiger partial charge in [0.05, 0.1) is 11.3 Å². The van der Waals surface area contributed by atoms with Crippen molar-refractivity contribution in [2.45, 2.75) is 32.3 Å². The molecule has 1 unspecified atom stereocenters. The van der Waals surface area contributed by atoms with Crippen LogP contribution in [0.15, 0.2) is 24.3 Å². The van der Waals surface area contributed by atoms with Gasteiger partial charge in [-0.3, -0.25) is 0 Å². The fraction of sp³-hybridized carbons (Fsp3) is 0.500. The van der Waals surface area contributed by atoms with Crippen molar-refractivity contribution in [2.24, 2.45) is 0 Å². The molecule has 8 heteroatoms. The Morgan fingerprint density at radius 2 is 1.73 bits per heavy atom. The minimum atomic E-state index is -4.94. The lowest BCUT2D eigenvalue weighted by Gasteiger charge is -2.17. The maximum Gasteiger partial charge on any atom is 0.209 e. The summed E-state index contributed by atoms with van der Waals surface area (Å²) in [5.74, 6) is 0.270. The minimum absolute atomic E-state index is 0.0304. The maximum absolute atomic E-state index is 9.74. The van der Waals surface area contributed by atoms with E-state index in [2.05, 4.69) is 43.5 Å². The summed E-state index contributed by atoms with van der Waals surface area (Å²) >= 11 is 5.69. The molecule has 0 radical (unpaired) electrons. The summed E-state index contributed by atoms with van der Waals surface area (Å²) in [5, 5.41) is 9.74. The second-order valence-corrected chi connectivity index (χ2v) is 6.59. The van der Waals surface area contributed by atoms with Crippen molar-refractivity contribution in [2.75, 3.05) is 12.4 Å². The van der Waals surface area contributed by atoms with Crippen molar-refractivity contribution >= 4 is 23.0 Å². The van der Waals surface area contributed by atoms with E-state index in [1.807, 2.05) is 6.07 Å². The highest BCUT2D eigenvalue weighted by Gasteiger charge is 2.42. The molecule has 1 aromatic rings. The van der Waals surface area contributed by atoms with Crippen LogP contribution in [0.25, 0.3) is 0 Å². The predicted octanol–water partition coefficient (Wildman–Crippen LogP) is -2.07. The van der Waals surface area contributed by atoms with E-state index in [0.29, 0.717) is 6.54 Å². The van der Waals surface area contributed by atoms with Gasteiger partial charge in [0.1, 0.15) is 6.10 Å². The first-order valence-corrected chi connectivity index (χ1v) is 8.32. The third-order valence-electron chi connectivity index (χ3n) is 3.75. The van der Waals surface area contributed by atoms with Crippen LogP contribution in [0.2, 0.25) is 0 Å². The summed E-state index contributed by atoms with van der Waals surface area (Å²) in [4.78, 5) is 0. The smallest absolute Gasteiger partial charge is 0.209 e. The van der Waals surface area contributed by atoms with Gasteiger partial charge in [0, 0.05) is 18.6 Å². The number of para-hydroxylation sites is 1. The number of rotatable bonds is 3. The van der Waals surface area contributed by atoms with Crippen LogP contribution in [-0.4, -0.2) is 33.9 Å². The highest BCUT2D eigenvalue weighted by Crippen LogP contribution is 2.39. The van der Waals surface area contributed by atoms with Crippen LogP contribution in [0.5, 0.6) is 0 Å². The largest absolute Gasteiger partial charge is 0.385 e. The third kappa shape index (κ3) is 4.89. The zero-order chi connectivity index (χ0) is 17.1. The molecular formula is C14H19Cl2NO5. The molecule has 0 bridgehead atoms. The van der Waals surface area contributed by atoms with Gasteiger partial charge in [-0.25, -0.2) is 18.6 Å². The third-order valence-corrected chi connectivity index (χ3v) is 4.11. The fourth-order valence-corrected chi connectivity index (χ4v) is 2.54. The van der Waals surface area contributed by atoms with Crippen LogP contribution in [0.1, 0.15) is 26.3 Å². The van der Waals surface area contributed by atoms with E-state index in [-0.39, 0.29) is 11.3 Å². The lowest BCUT2D eigenvalue weighted by atomic mass is 9.82. The number of hydrogen-bond acceptors (Lipinski definition) is 5. The molecule has 0 spiro atoms. The average Bonchev–Trinajstić information content (AvgIpc) is 2.59. The Labute approximate surface area is 136 Å². The van der Waals surface area contributed by atoms with E-state index < -0.39 is 16.3 Å². The van der Waals surface area contributed by atoms with Gasteiger partial charge in [-0.15, -0.1) is 21.8 Å². The Bertz CT molecular complexity index is 548. The van der Waals surface area contributed by atoms with Gasteiger partial charge in [0.15, 0.2) is 12.3 Å². The molecule has 1 aliphatic heterocycles. The minimum Gasteiger partial charge on any atom is -0.385 e. The second kappa shape index (κ2) is 7.23. The highest BCUT2D eigenvalue weighted by atomic mass is 35.7. The maximum atomic E-state index is 9.74. The standard InChI is InChI=1S/C14H19ClNO.ClHO4/c1-10-14(2,3)12-6-4-5-7-13(12)16(10)9-11(17)8-15;2-1(3,4)5/h4-7,11,17H,8-9H2,1-3H3;(H,2,3,4,5)/q+1;/p-1. The number of alkyl halides is 1. The number of benzene rings is 1. The van der Waals surface area contributed by atoms with Crippen molar-refractivity contribution < 1.29 is 38.6 Å². The molecule has 1 heterocycles. The SMILES string of the molecule is CC1=[N+](CC(O)CCl)c2ccccc2C1(C)C.[O-][Cl+3]([O-])([O-])[O-]. The molecule has 0 saturated carbocycles. The first-order valence-electron chi connectivity index (χ1n) is 6.55. The van der Waals surface area contributed by atoms with Crippen LogP contribution >= 0.6 is 11.6 Å². The molecule has 0 fully saturated rings. The Kier molecular flexibility index (Phi) is 6.35. The zero-order valence-corrected chi connectivity index (χ0v) is 14.1. The van der Waals surface area contributed by atoms with E-state index in [1.165, 1.54) is 17.0 Å². The van der Waals surface area contributed by atoms with Crippen molar-refractivity contribution in [3.05, 3.63) is 29.8 Å².